The number of alkyl halides is 2. The molecule has 1 saturated carbocycles. The standard InChI is InChI=1S/C27H25Br2N3O7/c1-13-3-4-16(9-23(13)32(37)38)30-12-15(8-24(30)33)27(36)39-17-5-6-22(14(2)7-17)31-25(34)18-10-20(28)21(29)11-19(18)26(31)35/h3-7,9,15,18-21H,8,10-12H2,1-2H3/t15-,18-,19-,20-,21+/m1/s1. The number of hydrogen-bond acceptors (Lipinski definition) is 7. The molecule has 12 heteroatoms. The molecule has 0 aromatic heterocycles. The second-order valence-electron chi connectivity index (χ2n) is 10.2. The van der Waals surface area contributed by atoms with Gasteiger partial charge in [-0.15, -0.1) is 0 Å². The Labute approximate surface area is 241 Å². The summed E-state index contributed by atoms with van der Waals surface area (Å²) in [5.41, 5.74) is 1.78. The van der Waals surface area contributed by atoms with Crippen LogP contribution in [0.3, 0.4) is 0 Å². The summed E-state index contributed by atoms with van der Waals surface area (Å²) >= 11 is 7.18. The Balaban J connectivity index is 1.28. The molecular formula is C27H25Br2N3O7. The fourth-order valence-corrected chi connectivity index (χ4v) is 6.79. The van der Waals surface area contributed by atoms with Gasteiger partial charge in [0.25, 0.3) is 5.69 Å². The van der Waals surface area contributed by atoms with Crippen molar-refractivity contribution in [1.82, 2.24) is 0 Å². The first kappa shape index (κ1) is 27.4. The van der Waals surface area contributed by atoms with E-state index >= 15 is 0 Å². The van der Waals surface area contributed by atoms with Crippen LogP contribution >= 0.6 is 31.9 Å². The van der Waals surface area contributed by atoms with E-state index in [2.05, 4.69) is 31.9 Å². The molecule has 39 heavy (non-hydrogen) atoms. The van der Waals surface area contributed by atoms with Gasteiger partial charge in [-0.2, -0.15) is 0 Å². The predicted molar refractivity (Wildman–Crippen MR) is 149 cm³/mol. The fraction of sp³-hybridized carbons (Fsp3) is 0.407. The Hall–Kier alpha value is -3.12. The largest absolute Gasteiger partial charge is 0.426 e. The summed E-state index contributed by atoms with van der Waals surface area (Å²) in [6.07, 6.45) is 1.06. The topological polar surface area (TPSA) is 127 Å². The highest BCUT2D eigenvalue weighted by Gasteiger charge is 2.52. The summed E-state index contributed by atoms with van der Waals surface area (Å²) < 4.78 is 5.56. The van der Waals surface area contributed by atoms with Crippen molar-refractivity contribution in [3.63, 3.8) is 0 Å². The quantitative estimate of drug-likeness (QED) is 0.114. The van der Waals surface area contributed by atoms with Gasteiger partial charge >= 0.3 is 5.97 Å². The number of nitro benzene ring substituents is 1. The first-order valence-corrected chi connectivity index (χ1v) is 14.3. The van der Waals surface area contributed by atoms with Crippen LogP contribution in [0.4, 0.5) is 17.1 Å². The van der Waals surface area contributed by atoms with Gasteiger partial charge in [0.15, 0.2) is 0 Å². The zero-order valence-electron chi connectivity index (χ0n) is 21.1. The Morgan fingerprint density at radius 1 is 0.974 bits per heavy atom. The monoisotopic (exact) mass is 661 g/mol. The molecule has 1 aliphatic carbocycles. The summed E-state index contributed by atoms with van der Waals surface area (Å²) in [5, 5.41) is 11.3. The Kier molecular flexibility index (Phi) is 7.36. The minimum atomic E-state index is -0.753. The summed E-state index contributed by atoms with van der Waals surface area (Å²) in [4.78, 5) is 65.5. The first-order valence-electron chi connectivity index (χ1n) is 12.5. The van der Waals surface area contributed by atoms with Crippen molar-refractivity contribution in [1.29, 1.82) is 0 Å². The van der Waals surface area contributed by atoms with Crippen molar-refractivity contribution in [2.75, 3.05) is 16.3 Å². The van der Waals surface area contributed by atoms with Crippen LogP contribution in [-0.2, 0) is 19.2 Å². The number of halogens is 2. The first-order chi connectivity index (χ1) is 18.5. The van der Waals surface area contributed by atoms with Crippen molar-refractivity contribution >= 4 is 72.6 Å². The maximum Gasteiger partial charge on any atom is 0.316 e. The highest BCUT2D eigenvalue weighted by molar-refractivity contribution is 9.12. The molecule has 3 fully saturated rings. The maximum atomic E-state index is 13.2. The van der Waals surface area contributed by atoms with E-state index in [0.29, 0.717) is 35.3 Å². The van der Waals surface area contributed by atoms with E-state index in [4.69, 9.17) is 4.74 Å². The Morgan fingerprint density at radius 2 is 1.62 bits per heavy atom. The lowest BCUT2D eigenvalue weighted by Crippen LogP contribution is -2.34. The number of benzene rings is 2. The number of fused-ring (bicyclic) bond motifs is 1. The highest BCUT2D eigenvalue weighted by atomic mass is 79.9. The number of carbonyl (C=O) groups is 4. The number of esters is 1. The number of hydrogen-bond donors (Lipinski definition) is 0. The van der Waals surface area contributed by atoms with E-state index in [0.717, 1.165) is 0 Å². The van der Waals surface area contributed by atoms with Crippen LogP contribution in [0.5, 0.6) is 5.75 Å². The molecule has 5 atom stereocenters. The van der Waals surface area contributed by atoms with Crippen LogP contribution in [0.1, 0.15) is 30.4 Å². The van der Waals surface area contributed by atoms with Gasteiger partial charge in [-0.25, -0.2) is 4.90 Å². The lowest BCUT2D eigenvalue weighted by molar-refractivity contribution is -0.385. The lowest BCUT2D eigenvalue weighted by atomic mass is 9.81. The molecule has 2 aromatic rings. The summed E-state index contributed by atoms with van der Waals surface area (Å²) in [5.74, 6) is -2.63. The van der Waals surface area contributed by atoms with Crippen molar-refractivity contribution in [2.24, 2.45) is 17.8 Å². The van der Waals surface area contributed by atoms with E-state index in [9.17, 15) is 29.3 Å². The van der Waals surface area contributed by atoms with E-state index in [1.165, 1.54) is 21.9 Å². The molecule has 3 aliphatic rings. The molecule has 2 aromatic carbocycles. The molecule has 3 amide bonds. The molecule has 0 radical (unpaired) electrons. The molecule has 0 N–H and O–H groups in total. The smallest absolute Gasteiger partial charge is 0.316 e. The molecule has 0 unspecified atom stereocenters. The van der Waals surface area contributed by atoms with Crippen LogP contribution < -0.4 is 14.5 Å². The minimum absolute atomic E-state index is 0.0393. The van der Waals surface area contributed by atoms with E-state index in [1.807, 2.05) is 0 Å². The van der Waals surface area contributed by atoms with Crippen LogP contribution in [0, 0.1) is 41.7 Å². The number of anilines is 2. The van der Waals surface area contributed by atoms with Crippen molar-refractivity contribution in [3.8, 4) is 5.75 Å². The van der Waals surface area contributed by atoms with E-state index in [-0.39, 0.29) is 63.6 Å². The zero-order chi connectivity index (χ0) is 28.2. The number of rotatable bonds is 5. The fourth-order valence-electron chi connectivity index (χ4n) is 5.55. The summed E-state index contributed by atoms with van der Waals surface area (Å²) in [6, 6.07) is 9.23. The van der Waals surface area contributed by atoms with Crippen molar-refractivity contribution < 1.29 is 28.8 Å². The van der Waals surface area contributed by atoms with Gasteiger partial charge in [0.2, 0.25) is 17.7 Å². The van der Waals surface area contributed by atoms with Crippen LogP contribution in [0.25, 0.3) is 0 Å². The number of imide groups is 1. The van der Waals surface area contributed by atoms with Gasteiger partial charge in [0, 0.05) is 34.2 Å². The van der Waals surface area contributed by atoms with Gasteiger partial charge in [-0.3, -0.25) is 29.3 Å². The number of amides is 3. The SMILES string of the molecule is Cc1cc(OC(=O)[C@@H]2CC(=O)N(c3ccc(C)c([N+](=O)[O-])c3)C2)ccc1N1C(=O)[C@@H]2C[C@@H](Br)[C@@H](Br)C[C@H]2C1=O. The predicted octanol–water partition coefficient (Wildman–Crippen LogP) is 4.60. The molecule has 10 nitrogen and oxygen atoms in total. The van der Waals surface area contributed by atoms with Crippen molar-refractivity contribution in [3.05, 3.63) is 57.6 Å². The van der Waals surface area contributed by atoms with E-state index < -0.39 is 16.8 Å². The van der Waals surface area contributed by atoms with Gasteiger partial charge in [-0.1, -0.05) is 37.9 Å². The second kappa shape index (κ2) is 10.5. The third kappa shape index (κ3) is 5.00. The third-order valence-electron chi connectivity index (χ3n) is 7.70. The average Bonchev–Trinajstić information content (AvgIpc) is 3.38. The van der Waals surface area contributed by atoms with Crippen molar-refractivity contribution in [2.45, 2.75) is 42.8 Å². The van der Waals surface area contributed by atoms with Gasteiger partial charge in [0.1, 0.15) is 5.75 Å². The molecule has 0 spiro atoms. The minimum Gasteiger partial charge on any atom is -0.426 e. The third-order valence-corrected chi connectivity index (χ3v) is 10.4. The lowest BCUT2D eigenvalue weighted by Gasteiger charge is -2.29. The number of nitrogens with zero attached hydrogens (tertiary/aromatic N) is 3. The zero-order valence-corrected chi connectivity index (χ0v) is 24.3. The highest BCUT2D eigenvalue weighted by Crippen LogP contribution is 2.45. The van der Waals surface area contributed by atoms with Gasteiger partial charge in [-0.05, 0) is 56.5 Å². The average molecular weight is 663 g/mol. The van der Waals surface area contributed by atoms with Crippen LogP contribution in [0.15, 0.2) is 36.4 Å². The Morgan fingerprint density at radius 3 is 2.21 bits per heavy atom. The Bertz CT molecular complexity index is 1390. The van der Waals surface area contributed by atoms with Crippen LogP contribution in [0.2, 0.25) is 0 Å². The molecule has 2 saturated heterocycles. The molecule has 2 aliphatic heterocycles. The number of aryl methyl sites for hydroxylation is 2. The molecule has 2 heterocycles. The number of nitro groups is 1. The summed E-state index contributed by atoms with van der Waals surface area (Å²) in [6.45, 7) is 3.39. The van der Waals surface area contributed by atoms with E-state index in [1.54, 1.807) is 38.1 Å². The second-order valence-corrected chi connectivity index (χ2v) is 12.6. The summed E-state index contributed by atoms with van der Waals surface area (Å²) in [7, 11) is 0. The number of carbonyl (C=O) groups excluding carboxylic acids is 4. The van der Waals surface area contributed by atoms with Gasteiger partial charge in [0.05, 0.1) is 34.1 Å². The van der Waals surface area contributed by atoms with Gasteiger partial charge < -0.3 is 9.64 Å². The number of ether oxygens (including phenoxy) is 1. The molecular weight excluding hydrogens is 638 g/mol. The maximum absolute atomic E-state index is 13.2. The normalized spacial score (nSPS) is 26.7. The molecule has 5 rings (SSSR count). The molecule has 0 bridgehead atoms. The molecule has 204 valence electrons. The van der Waals surface area contributed by atoms with Crippen LogP contribution in [-0.4, -0.2) is 44.8 Å².